The quantitative estimate of drug-likeness (QED) is 0.876. The van der Waals surface area contributed by atoms with E-state index < -0.39 is 29.2 Å². The lowest BCUT2D eigenvalue weighted by atomic mass is 9.98. The minimum Gasteiger partial charge on any atom is -0.481 e. The number of halogens is 3. The van der Waals surface area contributed by atoms with Gasteiger partial charge in [-0.05, 0) is 32.4 Å². The summed E-state index contributed by atoms with van der Waals surface area (Å²) in [5.41, 5.74) is -1.91. The summed E-state index contributed by atoms with van der Waals surface area (Å²) in [5.74, 6) is -1.65. The second-order valence-electron chi connectivity index (χ2n) is 5.16. The van der Waals surface area contributed by atoms with Gasteiger partial charge in [-0.15, -0.1) is 0 Å². The number of rotatable bonds is 5. The van der Waals surface area contributed by atoms with E-state index in [0.717, 1.165) is 12.1 Å². The third kappa shape index (κ3) is 5.41. The molecule has 1 aromatic heterocycles. The van der Waals surface area contributed by atoms with Crippen LogP contribution in [0, 0.1) is 0 Å². The monoisotopic (exact) mass is 304 g/mol. The number of carbonyl (C=O) groups is 2. The Morgan fingerprint density at radius 3 is 2.33 bits per heavy atom. The van der Waals surface area contributed by atoms with E-state index >= 15 is 0 Å². The summed E-state index contributed by atoms with van der Waals surface area (Å²) in [4.78, 5) is 25.8. The molecule has 5 nitrogen and oxygen atoms in total. The first kappa shape index (κ1) is 16.9. The molecule has 21 heavy (non-hydrogen) atoms. The van der Waals surface area contributed by atoms with Crippen LogP contribution >= 0.6 is 0 Å². The number of carboxylic acid groups (broad SMARTS) is 1. The van der Waals surface area contributed by atoms with Gasteiger partial charge < -0.3 is 10.4 Å². The van der Waals surface area contributed by atoms with E-state index in [1.165, 1.54) is 0 Å². The van der Waals surface area contributed by atoms with Crippen LogP contribution in [-0.4, -0.2) is 27.5 Å². The van der Waals surface area contributed by atoms with Crippen molar-refractivity contribution in [1.82, 2.24) is 10.3 Å². The minimum atomic E-state index is -4.51. The topological polar surface area (TPSA) is 79.3 Å². The van der Waals surface area contributed by atoms with Crippen LogP contribution in [0.25, 0.3) is 0 Å². The average Bonchev–Trinajstić information content (AvgIpc) is 2.35. The normalized spacial score (nSPS) is 12.0. The highest BCUT2D eigenvalue weighted by Crippen LogP contribution is 2.28. The van der Waals surface area contributed by atoms with Gasteiger partial charge in [-0.3, -0.25) is 14.6 Å². The molecule has 0 aliphatic heterocycles. The van der Waals surface area contributed by atoms with Gasteiger partial charge in [0.05, 0.1) is 5.56 Å². The summed E-state index contributed by atoms with van der Waals surface area (Å²) in [6.07, 6.45) is -3.87. The fourth-order valence-corrected chi connectivity index (χ4v) is 1.55. The van der Waals surface area contributed by atoms with Gasteiger partial charge in [0.15, 0.2) is 0 Å². The molecule has 0 atom stereocenters. The van der Waals surface area contributed by atoms with Gasteiger partial charge in [0, 0.05) is 18.2 Å². The maximum atomic E-state index is 12.4. The molecule has 0 fully saturated rings. The highest BCUT2D eigenvalue weighted by molar-refractivity contribution is 5.92. The van der Waals surface area contributed by atoms with Gasteiger partial charge in [-0.25, -0.2) is 0 Å². The molecular formula is C13H15F3N2O3. The number of amides is 1. The first-order valence-corrected chi connectivity index (χ1v) is 6.09. The van der Waals surface area contributed by atoms with E-state index in [1.54, 1.807) is 13.8 Å². The molecule has 0 aromatic carbocycles. The number of carboxylic acids is 1. The van der Waals surface area contributed by atoms with Crippen molar-refractivity contribution in [3.8, 4) is 0 Å². The third-order valence-electron chi connectivity index (χ3n) is 2.74. The predicted octanol–water partition coefficient (Wildman–Crippen LogP) is 2.47. The number of nitrogens with zero attached hydrogens (tertiary/aromatic N) is 1. The predicted molar refractivity (Wildman–Crippen MR) is 67.7 cm³/mol. The van der Waals surface area contributed by atoms with Crippen LogP contribution in [0.4, 0.5) is 13.2 Å². The van der Waals surface area contributed by atoms with Gasteiger partial charge in [-0.1, -0.05) is 0 Å². The summed E-state index contributed by atoms with van der Waals surface area (Å²) in [6.45, 7) is 3.25. The Morgan fingerprint density at radius 1 is 1.29 bits per heavy atom. The number of aromatic nitrogens is 1. The number of hydrogen-bond donors (Lipinski definition) is 2. The Morgan fingerprint density at radius 2 is 1.90 bits per heavy atom. The van der Waals surface area contributed by atoms with Gasteiger partial charge in [0.1, 0.15) is 5.69 Å². The van der Waals surface area contributed by atoms with Crippen molar-refractivity contribution in [2.24, 2.45) is 0 Å². The molecule has 1 heterocycles. The zero-order valence-corrected chi connectivity index (χ0v) is 11.5. The molecule has 0 unspecified atom stereocenters. The van der Waals surface area contributed by atoms with Crippen LogP contribution in [-0.2, 0) is 11.0 Å². The number of hydrogen-bond acceptors (Lipinski definition) is 3. The molecule has 0 radical (unpaired) electrons. The van der Waals surface area contributed by atoms with Crippen LogP contribution < -0.4 is 5.32 Å². The number of carbonyl (C=O) groups excluding carboxylic acids is 1. The lowest BCUT2D eigenvalue weighted by molar-refractivity contribution is -0.138. The zero-order valence-electron chi connectivity index (χ0n) is 11.5. The maximum absolute atomic E-state index is 12.4. The van der Waals surface area contributed by atoms with Crippen molar-refractivity contribution in [2.75, 3.05) is 0 Å². The number of aliphatic carboxylic acids is 1. The van der Waals surface area contributed by atoms with Crippen molar-refractivity contribution >= 4 is 11.9 Å². The first-order valence-electron chi connectivity index (χ1n) is 6.09. The smallest absolute Gasteiger partial charge is 0.417 e. The standard InChI is InChI=1S/C13H15F3N2O3/c1-12(2,6-5-10(19)20)18-11(21)9-4-3-8(7-17-9)13(14,15)16/h3-4,7H,5-6H2,1-2H3,(H,18,21)(H,19,20). The molecule has 0 saturated heterocycles. The van der Waals surface area contributed by atoms with Crippen LogP contribution in [0.5, 0.6) is 0 Å². The van der Waals surface area contributed by atoms with Crippen molar-refractivity contribution in [3.63, 3.8) is 0 Å². The largest absolute Gasteiger partial charge is 0.481 e. The SMILES string of the molecule is CC(C)(CCC(=O)O)NC(=O)c1ccc(C(F)(F)F)cn1. The second-order valence-corrected chi connectivity index (χ2v) is 5.16. The molecule has 0 bridgehead atoms. The third-order valence-corrected chi connectivity index (χ3v) is 2.74. The summed E-state index contributed by atoms with van der Waals surface area (Å²) in [5, 5.41) is 11.1. The van der Waals surface area contributed by atoms with Crippen LogP contribution in [0.1, 0.15) is 42.7 Å². The molecule has 0 aliphatic rings. The second kappa shape index (κ2) is 6.11. The van der Waals surface area contributed by atoms with E-state index in [9.17, 15) is 22.8 Å². The highest BCUT2D eigenvalue weighted by atomic mass is 19.4. The Labute approximate surface area is 119 Å². The molecule has 0 spiro atoms. The molecule has 0 aliphatic carbocycles. The van der Waals surface area contributed by atoms with Gasteiger partial charge in [0.2, 0.25) is 0 Å². The number of pyridine rings is 1. The Kier molecular flexibility index (Phi) is 4.93. The fourth-order valence-electron chi connectivity index (χ4n) is 1.55. The number of nitrogens with one attached hydrogen (secondary N) is 1. The Balaban J connectivity index is 2.73. The van der Waals surface area contributed by atoms with Crippen molar-refractivity contribution in [3.05, 3.63) is 29.6 Å². The molecule has 1 aromatic rings. The summed E-state index contributed by atoms with van der Waals surface area (Å²) in [7, 11) is 0. The van der Waals surface area contributed by atoms with Crippen molar-refractivity contribution < 1.29 is 27.9 Å². The van der Waals surface area contributed by atoms with E-state index in [0.29, 0.717) is 6.20 Å². The molecule has 0 saturated carbocycles. The Hall–Kier alpha value is -2.12. The van der Waals surface area contributed by atoms with Gasteiger partial charge >= 0.3 is 12.1 Å². The first-order chi connectivity index (χ1) is 9.51. The molecule has 1 amide bonds. The van der Waals surface area contributed by atoms with E-state index in [1.807, 2.05) is 0 Å². The molecule has 116 valence electrons. The zero-order chi connectivity index (χ0) is 16.3. The van der Waals surface area contributed by atoms with Crippen molar-refractivity contribution in [1.29, 1.82) is 0 Å². The van der Waals surface area contributed by atoms with E-state index in [-0.39, 0.29) is 18.5 Å². The van der Waals surface area contributed by atoms with Crippen LogP contribution in [0.15, 0.2) is 18.3 Å². The van der Waals surface area contributed by atoms with Crippen LogP contribution in [0.2, 0.25) is 0 Å². The van der Waals surface area contributed by atoms with E-state index in [2.05, 4.69) is 10.3 Å². The lowest BCUT2D eigenvalue weighted by Crippen LogP contribution is -2.44. The molecule has 2 N–H and O–H groups in total. The average molecular weight is 304 g/mol. The molecule has 1 rings (SSSR count). The maximum Gasteiger partial charge on any atom is 0.417 e. The lowest BCUT2D eigenvalue weighted by Gasteiger charge is -2.25. The van der Waals surface area contributed by atoms with Gasteiger partial charge in [0.25, 0.3) is 5.91 Å². The minimum absolute atomic E-state index is 0.131. The summed E-state index contributed by atoms with van der Waals surface area (Å²) in [6, 6.07) is 1.75. The summed E-state index contributed by atoms with van der Waals surface area (Å²) >= 11 is 0. The van der Waals surface area contributed by atoms with Gasteiger partial charge in [-0.2, -0.15) is 13.2 Å². The summed E-state index contributed by atoms with van der Waals surface area (Å²) < 4.78 is 37.1. The van der Waals surface area contributed by atoms with Crippen LogP contribution in [0.3, 0.4) is 0 Å². The van der Waals surface area contributed by atoms with Crippen molar-refractivity contribution in [2.45, 2.75) is 38.4 Å². The molecular weight excluding hydrogens is 289 g/mol. The van der Waals surface area contributed by atoms with E-state index in [4.69, 9.17) is 5.11 Å². The highest BCUT2D eigenvalue weighted by Gasteiger charge is 2.31. The number of alkyl halides is 3. The Bertz CT molecular complexity index is 524. The molecule has 8 heteroatoms. The fraction of sp³-hybridized carbons (Fsp3) is 0.462.